The van der Waals surface area contributed by atoms with Gasteiger partial charge in [-0.05, 0) is 40.5 Å². The molecular formula is C15H16BrN5O3. The Kier molecular flexibility index (Phi) is 4.52. The fraction of sp³-hybridized carbons (Fsp3) is 0.333. The van der Waals surface area contributed by atoms with Crippen molar-refractivity contribution < 1.29 is 15.0 Å². The molecule has 0 unspecified atom stereocenters. The van der Waals surface area contributed by atoms with Crippen molar-refractivity contribution in [1.82, 2.24) is 20.1 Å². The fourth-order valence-electron chi connectivity index (χ4n) is 2.67. The van der Waals surface area contributed by atoms with Gasteiger partial charge in [0.05, 0.1) is 6.04 Å². The minimum Gasteiger partial charge on any atom is -0.506 e. The number of hydrogen-bond acceptors (Lipinski definition) is 6. The Morgan fingerprint density at radius 1 is 1.42 bits per heavy atom. The summed E-state index contributed by atoms with van der Waals surface area (Å²) in [4.78, 5) is 18.5. The molecule has 3 rings (SSSR count). The standard InChI is InChI=1S/C15H16BrN5O3/c1-20(15(23)24)10-4-5-21(8-10)13-3-2-11(18-19-13)14-12(22)6-9(16)7-17-14/h2-3,6-7,10,22H,4-5,8H2,1H3,(H,23,24)/t10-/m1/s1. The van der Waals surface area contributed by atoms with Crippen molar-refractivity contribution in [2.45, 2.75) is 12.5 Å². The van der Waals surface area contributed by atoms with E-state index >= 15 is 0 Å². The van der Waals surface area contributed by atoms with E-state index in [2.05, 4.69) is 31.1 Å². The smallest absolute Gasteiger partial charge is 0.407 e. The molecule has 2 aromatic rings. The van der Waals surface area contributed by atoms with Crippen LogP contribution in [0.15, 0.2) is 28.9 Å². The van der Waals surface area contributed by atoms with Gasteiger partial charge in [-0.25, -0.2) is 9.78 Å². The van der Waals surface area contributed by atoms with Gasteiger partial charge in [0.1, 0.15) is 17.1 Å². The van der Waals surface area contributed by atoms with E-state index in [-0.39, 0.29) is 11.8 Å². The highest BCUT2D eigenvalue weighted by atomic mass is 79.9. The first-order valence-electron chi connectivity index (χ1n) is 7.35. The number of halogens is 1. The van der Waals surface area contributed by atoms with Crippen molar-refractivity contribution in [2.75, 3.05) is 25.0 Å². The number of carbonyl (C=O) groups is 1. The number of carboxylic acid groups (broad SMARTS) is 1. The third-order valence-electron chi connectivity index (χ3n) is 4.06. The largest absolute Gasteiger partial charge is 0.506 e. The average Bonchev–Trinajstić information content (AvgIpc) is 3.04. The molecular weight excluding hydrogens is 378 g/mol. The maximum Gasteiger partial charge on any atom is 0.407 e. The SMILES string of the molecule is CN(C(=O)O)[C@@H]1CCN(c2ccc(-c3ncc(Br)cc3O)nn2)C1. The first kappa shape index (κ1) is 16.4. The van der Waals surface area contributed by atoms with Crippen LogP contribution in [0.1, 0.15) is 6.42 Å². The lowest BCUT2D eigenvalue weighted by Gasteiger charge is -2.22. The lowest BCUT2D eigenvalue weighted by molar-refractivity contribution is 0.142. The molecule has 0 aliphatic carbocycles. The lowest BCUT2D eigenvalue weighted by atomic mass is 10.2. The summed E-state index contributed by atoms with van der Waals surface area (Å²) in [5.41, 5.74) is 0.837. The van der Waals surface area contributed by atoms with Gasteiger partial charge in [0.2, 0.25) is 0 Å². The molecule has 24 heavy (non-hydrogen) atoms. The third-order valence-corrected chi connectivity index (χ3v) is 4.50. The molecule has 2 N–H and O–H groups in total. The Morgan fingerprint density at radius 3 is 2.83 bits per heavy atom. The van der Waals surface area contributed by atoms with Gasteiger partial charge in [0, 0.05) is 30.8 Å². The normalized spacial score (nSPS) is 17.1. The number of pyridine rings is 1. The summed E-state index contributed by atoms with van der Waals surface area (Å²) in [5, 5.41) is 27.3. The molecule has 0 saturated carbocycles. The van der Waals surface area contributed by atoms with Gasteiger partial charge < -0.3 is 20.0 Å². The van der Waals surface area contributed by atoms with Crippen molar-refractivity contribution in [3.05, 3.63) is 28.9 Å². The zero-order chi connectivity index (χ0) is 17.3. The molecule has 8 nitrogen and oxygen atoms in total. The Labute approximate surface area is 146 Å². The van der Waals surface area contributed by atoms with Crippen LogP contribution in [-0.2, 0) is 0 Å². The van der Waals surface area contributed by atoms with Gasteiger partial charge in [-0.1, -0.05) is 0 Å². The summed E-state index contributed by atoms with van der Waals surface area (Å²) in [5.74, 6) is 0.701. The molecule has 0 spiro atoms. The number of anilines is 1. The quantitative estimate of drug-likeness (QED) is 0.823. The van der Waals surface area contributed by atoms with Gasteiger partial charge >= 0.3 is 6.09 Å². The maximum absolute atomic E-state index is 11.0. The van der Waals surface area contributed by atoms with Crippen LogP contribution >= 0.6 is 15.9 Å². The summed E-state index contributed by atoms with van der Waals surface area (Å²) in [6.45, 7) is 1.30. The van der Waals surface area contributed by atoms with E-state index in [1.807, 2.05) is 4.90 Å². The van der Waals surface area contributed by atoms with Crippen LogP contribution in [0.2, 0.25) is 0 Å². The van der Waals surface area contributed by atoms with E-state index in [0.29, 0.717) is 28.2 Å². The van der Waals surface area contributed by atoms with Crippen LogP contribution in [0.3, 0.4) is 0 Å². The molecule has 1 saturated heterocycles. The Bertz CT molecular complexity index is 755. The summed E-state index contributed by atoms with van der Waals surface area (Å²) in [6.07, 6.45) is 1.40. The van der Waals surface area contributed by atoms with Gasteiger partial charge in [-0.15, -0.1) is 10.2 Å². The zero-order valence-electron chi connectivity index (χ0n) is 12.9. The second kappa shape index (κ2) is 6.60. The summed E-state index contributed by atoms with van der Waals surface area (Å²) in [6, 6.07) is 5.03. The van der Waals surface area contributed by atoms with E-state index in [0.717, 1.165) is 13.0 Å². The van der Waals surface area contributed by atoms with E-state index in [1.165, 1.54) is 4.90 Å². The second-order valence-electron chi connectivity index (χ2n) is 5.58. The number of likely N-dealkylation sites (N-methyl/N-ethyl adjacent to an activating group) is 1. The number of amides is 1. The van der Waals surface area contributed by atoms with Gasteiger partial charge in [-0.3, -0.25) is 0 Å². The van der Waals surface area contributed by atoms with E-state index in [1.54, 1.807) is 31.4 Å². The molecule has 1 aliphatic heterocycles. The van der Waals surface area contributed by atoms with Gasteiger partial charge in [0.15, 0.2) is 5.82 Å². The van der Waals surface area contributed by atoms with Crippen molar-refractivity contribution in [3.63, 3.8) is 0 Å². The van der Waals surface area contributed by atoms with Crippen LogP contribution < -0.4 is 4.90 Å². The lowest BCUT2D eigenvalue weighted by Crippen LogP contribution is -2.38. The molecule has 0 aromatic carbocycles. The van der Waals surface area contributed by atoms with Crippen LogP contribution in [0.5, 0.6) is 5.75 Å². The molecule has 1 amide bonds. The van der Waals surface area contributed by atoms with Gasteiger partial charge in [0.25, 0.3) is 0 Å². The number of rotatable bonds is 3. The summed E-state index contributed by atoms with van der Waals surface area (Å²) >= 11 is 3.24. The van der Waals surface area contributed by atoms with Crippen LogP contribution in [0.4, 0.5) is 10.6 Å². The maximum atomic E-state index is 11.0. The van der Waals surface area contributed by atoms with Crippen LogP contribution in [-0.4, -0.2) is 62.6 Å². The predicted octanol–water partition coefficient (Wildman–Crippen LogP) is 2.20. The first-order chi connectivity index (χ1) is 11.5. The molecule has 1 fully saturated rings. The van der Waals surface area contributed by atoms with Crippen LogP contribution in [0, 0.1) is 0 Å². The van der Waals surface area contributed by atoms with Gasteiger partial charge in [-0.2, -0.15) is 0 Å². The van der Waals surface area contributed by atoms with E-state index in [4.69, 9.17) is 5.11 Å². The Hall–Kier alpha value is -2.42. The number of hydrogen-bond donors (Lipinski definition) is 2. The molecule has 1 atom stereocenters. The number of nitrogens with zero attached hydrogens (tertiary/aromatic N) is 5. The monoisotopic (exact) mass is 393 g/mol. The second-order valence-corrected chi connectivity index (χ2v) is 6.50. The molecule has 126 valence electrons. The molecule has 9 heteroatoms. The van der Waals surface area contributed by atoms with E-state index < -0.39 is 6.09 Å². The Balaban J connectivity index is 1.75. The van der Waals surface area contributed by atoms with Crippen molar-refractivity contribution in [2.24, 2.45) is 0 Å². The highest BCUT2D eigenvalue weighted by Gasteiger charge is 2.29. The number of aromatic nitrogens is 3. The molecule has 2 aromatic heterocycles. The number of aromatic hydroxyl groups is 1. The van der Waals surface area contributed by atoms with Crippen molar-refractivity contribution in [1.29, 1.82) is 0 Å². The minimum absolute atomic E-state index is 0.0238. The third kappa shape index (κ3) is 3.25. The molecule has 0 bridgehead atoms. The summed E-state index contributed by atoms with van der Waals surface area (Å²) < 4.78 is 0.680. The van der Waals surface area contributed by atoms with Crippen molar-refractivity contribution in [3.8, 4) is 17.1 Å². The predicted molar refractivity (Wildman–Crippen MR) is 91.0 cm³/mol. The minimum atomic E-state index is -0.930. The summed E-state index contributed by atoms with van der Waals surface area (Å²) in [7, 11) is 1.58. The van der Waals surface area contributed by atoms with E-state index in [9.17, 15) is 9.90 Å². The Morgan fingerprint density at radius 2 is 2.21 bits per heavy atom. The topological polar surface area (TPSA) is 103 Å². The van der Waals surface area contributed by atoms with Crippen LogP contribution in [0.25, 0.3) is 11.4 Å². The fourth-order valence-corrected chi connectivity index (χ4v) is 2.99. The molecule has 3 heterocycles. The average molecular weight is 394 g/mol. The highest BCUT2D eigenvalue weighted by molar-refractivity contribution is 9.10. The highest BCUT2D eigenvalue weighted by Crippen LogP contribution is 2.28. The molecule has 1 aliphatic rings. The van der Waals surface area contributed by atoms with Crippen molar-refractivity contribution >= 4 is 27.8 Å². The molecule has 0 radical (unpaired) electrons. The first-order valence-corrected chi connectivity index (χ1v) is 8.14. The zero-order valence-corrected chi connectivity index (χ0v) is 14.5.